The molecule has 3 fully saturated rings. The molecule has 0 aromatic carbocycles. The molecule has 118 valence electrons. The Morgan fingerprint density at radius 1 is 1.18 bits per heavy atom. The number of nitrogens with one attached hydrogen (secondary N) is 1. The number of hydrogen-bond acceptors (Lipinski definition) is 3. The van der Waals surface area contributed by atoms with Gasteiger partial charge in [-0.05, 0) is 37.0 Å². The number of amides is 3. The van der Waals surface area contributed by atoms with Gasteiger partial charge in [-0.2, -0.15) is 0 Å². The van der Waals surface area contributed by atoms with Gasteiger partial charge in [0.05, 0.1) is 11.8 Å². The maximum atomic E-state index is 12.5. The second kappa shape index (κ2) is 4.93. The van der Waals surface area contributed by atoms with Gasteiger partial charge in [0.2, 0.25) is 17.7 Å². The average Bonchev–Trinajstić information content (AvgIpc) is 2.87. The normalized spacial score (nSPS) is 41.2. The van der Waals surface area contributed by atoms with Gasteiger partial charge in [-0.15, -0.1) is 0 Å². The van der Waals surface area contributed by atoms with Crippen LogP contribution in [0.1, 0.15) is 26.2 Å². The van der Waals surface area contributed by atoms with Crippen LogP contribution < -0.4 is 5.32 Å². The topological polar surface area (TPSA) is 66.5 Å². The molecule has 3 aliphatic carbocycles. The minimum Gasteiger partial charge on any atom is -0.356 e. The lowest BCUT2D eigenvalue weighted by Gasteiger charge is -2.17. The van der Waals surface area contributed by atoms with Crippen molar-refractivity contribution in [2.45, 2.75) is 26.2 Å². The minimum atomic E-state index is -0.107. The zero-order valence-electron chi connectivity index (χ0n) is 12.8. The maximum absolute atomic E-state index is 12.5. The fraction of sp³-hybridized carbons (Fsp3) is 0.706. The van der Waals surface area contributed by atoms with Crippen LogP contribution in [0.5, 0.6) is 0 Å². The fourth-order valence-corrected chi connectivity index (χ4v) is 4.45. The fourth-order valence-electron chi connectivity index (χ4n) is 4.45. The summed E-state index contributed by atoms with van der Waals surface area (Å²) in [5.74, 6) is 1.14. The predicted octanol–water partition coefficient (Wildman–Crippen LogP) is 0.956. The van der Waals surface area contributed by atoms with Gasteiger partial charge in [0.25, 0.3) is 0 Å². The van der Waals surface area contributed by atoms with E-state index in [0.29, 0.717) is 25.4 Å². The van der Waals surface area contributed by atoms with Crippen LogP contribution in [0.3, 0.4) is 0 Å². The predicted molar refractivity (Wildman–Crippen MR) is 79.3 cm³/mol. The zero-order valence-corrected chi connectivity index (χ0v) is 12.8. The van der Waals surface area contributed by atoms with Gasteiger partial charge in [0, 0.05) is 19.0 Å². The SMILES string of the molecule is CC1CC1C(=O)NCCCN1C(=O)C2C3C=CC(C3)C2C1=O. The van der Waals surface area contributed by atoms with E-state index in [-0.39, 0.29) is 47.3 Å². The van der Waals surface area contributed by atoms with Crippen LogP contribution in [0.2, 0.25) is 0 Å². The minimum absolute atomic E-state index is 0.00833. The van der Waals surface area contributed by atoms with Crippen molar-refractivity contribution in [3.63, 3.8) is 0 Å². The number of fused-ring (bicyclic) bond motifs is 5. The van der Waals surface area contributed by atoms with Crippen LogP contribution in [0.15, 0.2) is 12.2 Å². The molecule has 0 aromatic heterocycles. The Balaban J connectivity index is 1.28. The molecule has 6 unspecified atom stereocenters. The number of likely N-dealkylation sites (tertiary alicyclic amines) is 1. The third-order valence-corrected chi connectivity index (χ3v) is 5.87. The summed E-state index contributed by atoms with van der Waals surface area (Å²) in [6, 6.07) is 0. The molecular formula is C17H22N2O3. The highest BCUT2D eigenvalue weighted by Crippen LogP contribution is 2.52. The van der Waals surface area contributed by atoms with E-state index in [9.17, 15) is 14.4 Å². The lowest BCUT2D eigenvalue weighted by Crippen LogP contribution is -2.36. The van der Waals surface area contributed by atoms with Crippen molar-refractivity contribution in [2.24, 2.45) is 35.5 Å². The first kappa shape index (κ1) is 14.0. The van der Waals surface area contributed by atoms with E-state index in [1.165, 1.54) is 4.90 Å². The summed E-state index contributed by atoms with van der Waals surface area (Å²) in [6.07, 6.45) is 6.81. The summed E-state index contributed by atoms with van der Waals surface area (Å²) in [7, 11) is 0. The lowest BCUT2D eigenvalue weighted by molar-refractivity contribution is -0.140. The smallest absolute Gasteiger partial charge is 0.233 e. The van der Waals surface area contributed by atoms with E-state index in [4.69, 9.17) is 0 Å². The molecule has 1 heterocycles. The molecule has 0 aromatic rings. The van der Waals surface area contributed by atoms with Crippen LogP contribution in [0.4, 0.5) is 0 Å². The molecule has 5 heteroatoms. The van der Waals surface area contributed by atoms with Crippen molar-refractivity contribution in [3.05, 3.63) is 12.2 Å². The van der Waals surface area contributed by atoms with Gasteiger partial charge in [-0.3, -0.25) is 19.3 Å². The molecule has 5 nitrogen and oxygen atoms in total. The number of imide groups is 1. The first-order valence-corrected chi connectivity index (χ1v) is 8.39. The molecule has 4 aliphatic rings. The highest BCUT2D eigenvalue weighted by molar-refractivity contribution is 6.06. The van der Waals surface area contributed by atoms with Crippen LogP contribution in [-0.2, 0) is 14.4 Å². The molecule has 0 spiro atoms. The highest BCUT2D eigenvalue weighted by Gasteiger charge is 2.58. The van der Waals surface area contributed by atoms with Crippen LogP contribution >= 0.6 is 0 Å². The largest absolute Gasteiger partial charge is 0.356 e. The Morgan fingerprint density at radius 2 is 1.77 bits per heavy atom. The molecule has 22 heavy (non-hydrogen) atoms. The van der Waals surface area contributed by atoms with Crippen molar-refractivity contribution in [1.29, 1.82) is 0 Å². The third-order valence-electron chi connectivity index (χ3n) is 5.87. The van der Waals surface area contributed by atoms with Crippen LogP contribution in [0.25, 0.3) is 0 Å². The van der Waals surface area contributed by atoms with Crippen molar-refractivity contribution in [2.75, 3.05) is 13.1 Å². The first-order chi connectivity index (χ1) is 10.6. The van der Waals surface area contributed by atoms with Crippen molar-refractivity contribution in [1.82, 2.24) is 10.2 Å². The van der Waals surface area contributed by atoms with Crippen molar-refractivity contribution in [3.8, 4) is 0 Å². The monoisotopic (exact) mass is 302 g/mol. The van der Waals surface area contributed by atoms with Crippen molar-refractivity contribution < 1.29 is 14.4 Å². The molecule has 1 aliphatic heterocycles. The first-order valence-electron chi connectivity index (χ1n) is 8.39. The number of hydrogen-bond donors (Lipinski definition) is 1. The van der Waals surface area contributed by atoms with Crippen LogP contribution in [0, 0.1) is 35.5 Å². The standard InChI is InChI=1S/C17H22N2O3/c1-9-7-12(9)15(20)18-5-2-6-19-16(21)13-10-3-4-11(8-10)14(13)17(19)22/h3-4,9-14H,2,5-8H2,1H3,(H,18,20). The van der Waals surface area contributed by atoms with E-state index in [1.54, 1.807) is 0 Å². The van der Waals surface area contributed by atoms with Gasteiger partial charge in [-0.1, -0.05) is 19.1 Å². The Kier molecular flexibility index (Phi) is 3.13. The van der Waals surface area contributed by atoms with Gasteiger partial charge < -0.3 is 5.32 Å². The maximum Gasteiger partial charge on any atom is 0.233 e. The van der Waals surface area contributed by atoms with Crippen molar-refractivity contribution >= 4 is 17.7 Å². The Hall–Kier alpha value is -1.65. The second-order valence-corrected chi connectivity index (χ2v) is 7.29. The van der Waals surface area contributed by atoms with E-state index >= 15 is 0 Å². The summed E-state index contributed by atoms with van der Waals surface area (Å²) < 4.78 is 0. The van der Waals surface area contributed by atoms with E-state index in [2.05, 4.69) is 24.4 Å². The molecule has 3 amide bonds. The van der Waals surface area contributed by atoms with E-state index in [1.807, 2.05) is 0 Å². The van der Waals surface area contributed by atoms with Crippen LogP contribution in [-0.4, -0.2) is 35.7 Å². The number of carbonyl (C=O) groups is 3. The molecule has 4 rings (SSSR count). The number of carbonyl (C=O) groups excluding carboxylic acids is 3. The lowest BCUT2D eigenvalue weighted by atomic mass is 9.85. The van der Waals surface area contributed by atoms with Gasteiger partial charge >= 0.3 is 0 Å². The van der Waals surface area contributed by atoms with E-state index in [0.717, 1.165) is 12.8 Å². The Labute approximate surface area is 130 Å². The zero-order chi connectivity index (χ0) is 15.4. The molecule has 2 bridgehead atoms. The van der Waals surface area contributed by atoms with E-state index < -0.39 is 0 Å². The molecular weight excluding hydrogens is 280 g/mol. The third kappa shape index (κ3) is 2.02. The summed E-state index contributed by atoms with van der Waals surface area (Å²) in [5, 5.41) is 2.91. The highest BCUT2D eigenvalue weighted by atomic mass is 16.2. The quantitative estimate of drug-likeness (QED) is 0.467. The number of rotatable bonds is 5. The summed E-state index contributed by atoms with van der Waals surface area (Å²) in [5.41, 5.74) is 0. The van der Waals surface area contributed by atoms with Gasteiger partial charge in [0.1, 0.15) is 0 Å². The summed E-state index contributed by atoms with van der Waals surface area (Å²) in [4.78, 5) is 38.1. The molecule has 0 radical (unpaired) electrons. The molecule has 2 saturated carbocycles. The van der Waals surface area contributed by atoms with Gasteiger partial charge in [-0.25, -0.2) is 0 Å². The number of nitrogens with zero attached hydrogens (tertiary/aromatic N) is 1. The second-order valence-electron chi connectivity index (χ2n) is 7.29. The molecule has 1 N–H and O–H groups in total. The number of allylic oxidation sites excluding steroid dienone is 2. The summed E-state index contributed by atoms with van der Waals surface area (Å²) >= 11 is 0. The Bertz CT molecular complexity index is 540. The Morgan fingerprint density at radius 3 is 2.32 bits per heavy atom. The summed E-state index contributed by atoms with van der Waals surface area (Å²) in [6.45, 7) is 3.05. The molecule has 1 saturated heterocycles. The average molecular weight is 302 g/mol. The molecule has 6 atom stereocenters. The van der Waals surface area contributed by atoms with Gasteiger partial charge in [0.15, 0.2) is 0 Å².